The smallest absolute Gasteiger partial charge is 0.259 e. The topological polar surface area (TPSA) is 99.4 Å². The molecule has 7 nitrogen and oxygen atoms in total. The second-order valence-corrected chi connectivity index (χ2v) is 4.37. The third kappa shape index (κ3) is 3.32. The molecule has 0 aliphatic heterocycles. The van der Waals surface area contributed by atoms with E-state index in [9.17, 15) is 4.79 Å². The molecule has 1 aromatic heterocycles. The summed E-state index contributed by atoms with van der Waals surface area (Å²) in [5, 5.41) is 10.2. The predicted octanol–water partition coefficient (Wildman–Crippen LogP) is 1.98. The number of halogens is 1. The van der Waals surface area contributed by atoms with Crippen LogP contribution in [-0.2, 0) is 0 Å². The Morgan fingerprint density at radius 2 is 2.00 bits per heavy atom. The summed E-state index contributed by atoms with van der Waals surface area (Å²) in [4.78, 5) is 12.3. The van der Waals surface area contributed by atoms with Gasteiger partial charge in [0, 0.05) is 6.07 Å². The van der Waals surface area contributed by atoms with Gasteiger partial charge >= 0.3 is 0 Å². The zero-order valence-electron chi connectivity index (χ0n) is 11.4. The average Bonchev–Trinajstić information content (AvgIpc) is 2.49. The zero-order chi connectivity index (χ0) is 15.4. The second kappa shape index (κ2) is 6.27. The Bertz CT molecular complexity index is 661. The van der Waals surface area contributed by atoms with Crippen molar-refractivity contribution in [2.45, 2.75) is 0 Å². The van der Waals surface area contributed by atoms with Crippen LogP contribution < -0.4 is 20.5 Å². The van der Waals surface area contributed by atoms with E-state index in [4.69, 9.17) is 26.8 Å². The lowest BCUT2D eigenvalue weighted by atomic mass is 10.1. The third-order valence-electron chi connectivity index (χ3n) is 2.69. The highest BCUT2D eigenvalue weighted by Crippen LogP contribution is 2.31. The fourth-order valence-electron chi connectivity index (χ4n) is 1.64. The minimum atomic E-state index is -0.457. The van der Waals surface area contributed by atoms with Crippen LogP contribution in [0.2, 0.25) is 5.15 Å². The number of amides is 1. The molecular formula is C13H13ClN4O3. The van der Waals surface area contributed by atoms with Crippen LogP contribution in [0, 0.1) is 0 Å². The number of nitrogen functional groups attached to an aromatic ring is 1. The van der Waals surface area contributed by atoms with Gasteiger partial charge in [0.2, 0.25) is 0 Å². The highest BCUT2D eigenvalue weighted by molar-refractivity contribution is 6.29. The maximum absolute atomic E-state index is 12.3. The lowest BCUT2D eigenvalue weighted by Crippen LogP contribution is -2.16. The van der Waals surface area contributed by atoms with Gasteiger partial charge in [0.1, 0.15) is 11.5 Å². The van der Waals surface area contributed by atoms with Gasteiger partial charge in [-0.3, -0.25) is 4.79 Å². The molecule has 0 atom stereocenters. The van der Waals surface area contributed by atoms with Crippen molar-refractivity contribution in [1.82, 2.24) is 10.2 Å². The molecule has 0 spiro atoms. The van der Waals surface area contributed by atoms with Crippen molar-refractivity contribution in [3.05, 3.63) is 35.0 Å². The first-order valence-electron chi connectivity index (χ1n) is 5.87. The number of hydrogen-bond acceptors (Lipinski definition) is 6. The number of rotatable bonds is 4. The molecule has 1 heterocycles. The Kier molecular flexibility index (Phi) is 4.44. The number of nitrogens with two attached hydrogens (primary N) is 1. The Hall–Kier alpha value is -2.54. The first-order valence-corrected chi connectivity index (χ1v) is 6.25. The van der Waals surface area contributed by atoms with Gasteiger partial charge in [0.25, 0.3) is 5.91 Å². The van der Waals surface area contributed by atoms with Crippen LogP contribution >= 0.6 is 11.6 Å². The van der Waals surface area contributed by atoms with Gasteiger partial charge in [0.05, 0.1) is 25.5 Å². The van der Waals surface area contributed by atoms with Crippen LogP contribution in [0.15, 0.2) is 24.3 Å². The minimum absolute atomic E-state index is 0.206. The maximum Gasteiger partial charge on any atom is 0.259 e. The molecule has 0 unspecified atom stereocenters. The molecule has 2 rings (SSSR count). The standard InChI is InChI=1S/C13H13ClN4O3/c1-20-7-5-8(12(15)9(6-7)21-2)13(19)16-11-4-3-10(14)17-18-11/h3-6H,15H2,1-2H3,(H,16,18,19). The summed E-state index contributed by atoms with van der Waals surface area (Å²) < 4.78 is 10.2. The number of nitrogens with zero attached hydrogens (tertiary/aromatic N) is 2. The number of hydrogen-bond donors (Lipinski definition) is 2. The SMILES string of the molecule is COc1cc(OC)c(N)c(C(=O)Nc2ccc(Cl)nn2)c1. The summed E-state index contributed by atoms with van der Waals surface area (Å²) in [5.41, 5.74) is 6.31. The molecule has 2 aromatic rings. The van der Waals surface area contributed by atoms with Crippen LogP contribution in [0.25, 0.3) is 0 Å². The van der Waals surface area contributed by atoms with Crippen molar-refractivity contribution in [3.63, 3.8) is 0 Å². The van der Waals surface area contributed by atoms with E-state index in [1.807, 2.05) is 0 Å². The molecule has 0 bridgehead atoms. The van der Waals surface area contributed by atoms with Gasteiger partial charge < -0.3 is 20.5 Å². The number of carbonyl (C=O) groups excluding carboxylic acids is 1. The number of nitrogens with one attached hydrogen (secondary N) is 1. The number of benzene rings is 1. The van der Waals surface area contributed by atoms with E-state index < -0.39 is 5.91 Å². The van der Waals surface area contributed by atoms with Crippen LogP contribution in [0.1, 0.15) is 10.4 Å². The number of anilines is 2. The van der Waals surface area contributed by atoms with Gasteiger partial charge in [-0.15, -0.1) is 10.2 Å². The highest BCUT2D eigenvalue weighted by atomic mass is 35.5. The van der Waals surface area contributed by atoms with Gasteiger partial charge in [-0.25, -0.2) is 0 Å². The molecule has 0 saturated heterocycles. The summed E-state index contributed by atoms with van der Waals surface area (Å²) in [6.07, 6.45) is 0. The van der Waals surface area contributed by atoms with E-state index >= 15 is 0 Å². The molecule has 21 heavy (non-hydrogen) atoms. The number of methoxy groups -OCH3 is 2. The number of carbonyl (C=O) groups is 1. The third-order valence-corrected chi connectivity index (χ3v) is 2.89. The summed E-state index contributed by atoms with van der Waals surface area (Å²) in [6, 6.07) is 6.14. The lowest BCUT2D eigenvalue weighted by Gasteiger charge is -2.12. The molecule has 0 fully saturated rings. The molecule has 3 N–H and O–H groups in total. The average molecular weight is 309 g/mol. The van der Waals surface area contributed by atoms with Gasteiger partial charge in [-0.05, 0) is 18.2 Å². The number of ether oxygens (including phenoxy) is 2. The quantitative estimate of drug-likeness (QED) is 0.838. The molecule has 0 aliphatic carbocycles. The molecule has 0 aliphatic rings. The molecule has 110 valence electrons. The number of aromatic nitrogens is 2. The van der Waals surface area contributed by atoms with Gasteiger partial charge in [-0.2, -0.15) is 0 Å². The molecule has 1 aromatic carbocycles. The van der Waals surface area contributed by atoms with Crippen molar-refractivity contribution in [2.24, 2.45) is 0 Å². The molecular weight excluding hydrogens is 296 g/mol. The van der Waals surface area contributed by atoms with E-state index in [0.29, 0.717) is 11.5 Å². The Labute approximate surface area is 126 Å². The van der Waals surface area contributed by atoms with Crippen molar-refractivity contribution in [3.8, 4) is 11.5 Å². The van der Waals surface area contributed by atoms with Gasteiger partial charge in [-0.1, -0.05) is 11.6 Å². The van der Waals surface area contributed by atoms with E-state index in [-0.39, 0.29) is 22.2 Å². The largest absolute Gasteiger partial charge is 0.497 e. The lowest BCUT2D eigenvalue weighted by molar-refractivity contribution is 0.102. The summed E-state index contributed by atoms with van der Waals surface area (Å²) in [6.45, 7) is 0. The van der Waals surface area contributed by atoms with Gasteiger partial charge in [0.15, 0.2) is 11.0 Å². The summed E-state index contributed by atoms with van der Waals surface area (Å²) in [7, 11) is 2.94. The first-order chi connectivity index (χ1) is 10.0. The Morgan fingerprint density at radius 1 is 1.24 bits per heavy atom. The van der Waals surface area contributed by atoms with Crippen molar-refractivity contribution in [2.75, 3.05) is 25.3 Å². The molecule has 1 amide bonds. The summed E-state index contributed by atoms with van der Waals surface area (Å²) >= 11 is 5.63. The second-order valence-electron chi connectivity index (χ2n) is 3.99. The Morgan fingerprint density at radius 3 is 2.57 bits per heavy atom. The fourth-order valence-corrected chi connectivity index (χ4v) is 1.74. The van der Waals surface area contributed by atoms with Crippen molar-refractivity contribution < 1.29 is 14.3 Å². The molecule has 0 saturated carbocycles. The van der Waals surface area contributed by atoms with Crippen LogP contribution in [0.3, 0.4) is 0 Å². The van der Waals surface area contributed by atoms with E-state index in [1.165, 1.54) is 32.4 Å². The Balaban J connectivity index is 2.32. The normalized spacial score (nSPS) is 10.0. The van der Waals surface area contributed by atoms with Crippen LogP contribution in [-0.4, -0.2) is 30.3 Å². The first kappa shape index (κ1) is 14.9. The van der Waals surface area contributed by atoms with Crippen LogP contribution in [0.4, 0.5) is 11.5 Å². The van der Waals surface area contributed by atoms with E-state index in [1.54, 1.807) is 6.07 Å². The van der Waals surface area contributed by atoms with Crippen molar-refractivity contribution >= 4 is 29.0 Å². The van der Waals surface area contributed by atoms with E-state index in [0.717, 1.165) is 0 Å². The maximum atomic E-state index is 12.3. The zero-order valence-corrected chi connectivity index (χ0v) is 12.1. The highest BCUT2D eigenvalue weighted by Gasteiger charge is 2.16. The summed E-state index contributed by atoms with van der Waals surface area (Å²) in [5.74, 6) is 0.599. The van der Waals surface area contributed by atoms with Crippen LogP contribution in [0.5, 0.6) is 11.5 Å². The minimum Gasteiger partial charge on any atom is -0.497 e. The predicted molar refractivity (Wildman–Crippen MR) is 79.0 cm³/mol. The fraction of sp³-hybridized carbons (Fsp3) is 0.154. The molecule has 0 radical (unpaired) electrons. The van der Waals surface area contributed by atoms with Crippen molar-refractivity contribution in [1.29, 1.82) is 0 Å². The van der Waals surface area contributed by atoms with E-state index in [2.05, 4.69) is 15.5 Å². The monoisotopic (exact) mass is 308 g/mol. The molecule has 8 heteroatoms.